The molecule has 0 saturated heterocycles. The van der Waals surface area contributed by atoms with Crippen LogP contribution in [-0.4, -0.2) is 23.9 Å². The Morgan fingerprint density at radius 2 is 1.95 bits per heavy atom. The van der Waals surface area contributed by atoms with Gasteiger partial charge < -0.3 is 18.6 Å². The van der Waals surface area contributed by atoms with E-state index in [-0.39, 0.29) is 40.6 Å². The molecule has 41 heavy (non-hydrogen) atoms. The van der Waals surface area contributed by atoms with E-state index in [4.69, 9.17) is 18.6 Å². The fourth-order valence-corrected chi connectivity index (χ4v) is 5.78. The van der Waals surface area contributed by atoms with Crippen molar-refractivity contribution in [2.75, 3.05) is 13.4 Å². The van der Waals surface area contributed by atoms with Crippen molar-refractivity contribution < 1.29 is 36.6 Å². The molecule has 0 aliphatic carbocycles. The van der Waals surface area contributed by atoms with E-state index in [0.29, 0.717) is 27.6 Å². The number of halogens is 3. The van der Waals surface area contributed by atoms with Crippen molar-refractivity contribution >= 4 is 23.4 Å². The van der Waals surface area contributed by atoms with E-state index in [1.165, 1.54) is 28.8 Å². The van der Waals surface area contributed by atoms with Crippen molar-refractivity contribution in [2.45, 2.75) is 26.1 Å². The molecule has 6 rings (SSSR count). The van der Waals surface area contributed by atoms with E-state index in [2.05, 4.69) is 4.99 Å². The largest absolute Gasteiger partial charge is 0.463 e. The predicted molar refractivity (Wildman–Crippen MR) is 142 cm³/mol. The molecule has 0 amide bonds. The number of rotatable bonds is 5. The zero-order valence-electron chi connectivity index (χ0n) is 21.7. The third kappa shape index (κ3) is 4.84. The summed E-state index contributed by atoms with van der Waals surface area (Å²) in [4.78, 5) is 31.7. The Labute approximate surface area is 234 Å². The Bertz CT molecular complexity index is 1900. The molecule has 2 aromatic heterocycles. The highest BCUT2D eigenvalue weighted by atomic mass is 32.1. The van der Waals surface area contributed by atoms with E-state index < -0.39 is 29.3 Å². The number of benzene rings is 2. The first-order valence-corrected chi connectivity index (χ1v) is 13.3. The van der Waals surface area contributed by atoms with Crippen molar-refractivity contribution in [1.82, 2.24) is 4.57 Å². The van der Waals surface area contributed by atoms with Crippen LogP contribution < -0.4 is 24.4 Å². The molecule has 0 saturated carbocycles. The Kier molecular flexibility index (Phi) is 6.57. The lowest BCUT2D eigenvalue weighted by Gasteiger charge is -2.24. The van der Waals surface area contributed by atoms with Crippen molar-refractivity contribution in [3.05, 3.63) is 102 Å². The van der Waals surface area contributed by atoms with Crippen LogP contribution in [0.4, 0.5) is 13.2 Å². The second-order valence-electron chi connectivity index (χ2n) is 9.20. The van der Waals surface area contributed by atoms with Crippen LogP contribution in [0, 0.1) is 0 Å². The Balaban J connectivity index is 1.45. The molecule has 8 nitrogen and oxygen atoms in total. The third-order valence-corrected chi connectivity index (χ3v) is 7.59. The molecule has 2 aliphatic rings. The van der Waals surface area contributed by atoms with E-state index in [1.54, 1.807) is 38.1 Å². The van der Waals surface area contributed by atoms with E-state index in [1.807, 2.05) is 0 Å². The number of thiazole rings is 1. The molecular formula is C29H21F3N2O6S. The number of nitrogens with zero attached hydrogens (tertiary/aromatic N) is 2. The number of allylic oxidation sites excluding steroid dienone is 1. The molecule has 12 heteroatoms. The van der Waals surface area contributed by atoms with E-state index in [9.17, 15) is 22.8 Å². The van der Waals surface area contributed by atoms with Gasteiger partial charge in [-0.2, -0.15) is 13.2 Å². The van der Waals surface area contributed by atoms with Crippen LogP contribution in [0.25, 0.3) is 17.4 Å². The number of hydrogen-bond acceptors (Lipinski definition) is 8. The molecule has 0 spiro atoms. The second-order valence-corrected chi connectivity index (χ2v) is 10.2. The van der Waals surface area contributed by atoms with E-state index in [0.717, 1.165) is 23.5 Å². The second kappa shape index (κ2) is 10.1. The molecule has 0 radical (unpaired) electrons. The topological polar surface area (TPSA) is 92.3 Å². The predicted octanol–water partition coefficient (Wildman–Crippen LogP) is 4.81. The molecule has 1 unspecified atom stereocenters. The highest BCUT2D eigenvalue weighted by Gasteiger charge is 2.34. The summed E-state index contributed by atoms with van der Waals surface area (Å²) in [5.41, 5.74) is 0.251. The molecule has 1 atom stereocenters. The Morgan fingerprint density at radius 3 is 2.73 bits per heavy atom. The zero-order valence-corrected chi connectivity index (χ0v) is 22.5. The molecule has 210 valence electrons. The fourth-order valence-electron chi connectivity index (χ4n) is 4.75. The summed E-state index contributed by atoms with van der Waals surface area (Å²) in [7, 11) is 0. The standard InChI is InChI=1S/C29H21F3N2O6S/c1-3-37-27(36)24-15(2)33-28-34(25(24)17-7-9-21-22(12-17)39-14-38-21)26(35)23(41-28)13-19-8-10-20(40-19)16-5-4-6-18(11-16)29(30,31)32/h4-13,25H,3,14H2,1-2H3/b23-13+. The smallest absolute Gasteiger partial charge is 0.416 e. The first-order chi connectivity index (χ1) is 19.6. The van der Waals surface area contributed by atoms with Gasteiger partial charge in [0.25, 0.3) is 5.56 Å². The van der Waals surface area contributed by atoms with Crippen molar-refractivity contribution in [1.29, 1.82) is 0 Å². The number of esters is 1. The van der Waals surface area contributed by atoms with Gasteiger partial charge in [0.2, 0.25) is 6.79 Å². The first-order valence-electron chi connectivity index (χ1n) is 12.5. The minimum absolute atomic E-state index is 0.0623. The summed E-state index contributed by atoms with van der Waals surface area (Å²) in [6.07, 6.45) is -2.99. The van der Waals surface area contributed by atoms with Crippen LogP contribution in [0.5, 0.6) is 11.5 Å². The molecule has 4 heterocycles. The highest BCUT2D eigenvalue weighted by molar-refractivity contribution is 7.07. The summed E-state index contributed by atoms with van der Waals surface area (Å²) >= 11 is 1.10. The maximum absolute atomic E-state index is 13.8. The first kappa shape index (κ1) is 26.6. The van der Waals surface area contributed by atoms with Crippen LogP contribution >= 0.6 is 11.3 Å². The van der Waals surface area contributed by atoms with Crippen molar-refractivity contribution in [2.24, 2.45) is 4.99 Å². The normalized spacial score (nSPS) is 16.5. The summed E-state index contributed by atoms with van der Waals surface area (Å²) in [5, 5.41) is 0. The Hall–Kier alpha value is -4.58. The molecule has 0 N–H and O–H groups in total. The van der Waals surface area contributed by atoms with Gasteiger partial charge in [-0.15, -0.1) is 0 Å². The van der Waals surface area contributed by atoms with Crippen LogP contribution in [0.2, 0.25) is 0 Å². The van der Waals surface area contributed by atoms with Gasteiger partial charge in [-0.1, -0.05) is 29.5 Å². The van der Waals surface area contributed by atoms with Gasteiger partial charge in [-0.25, -0.2) is 9.79 Å². The van der Waals surface area contributed by atoms with Gasteiger partial charge in [-0.05, 0) is 55.8 Å². The number of carbonyl (C=O) groups excluding carboxylic acids is 1. The highest BCUT2D eigenvalue weighted by Crippen LogP contribution is 2.38. The molecule has 2 aliphatic heterocycles. The van der Waals surface area contributed by atoms with Crippen LogP contribution in [0.3, 0.4) is 0 Å². The number of ether oxygens (including phenoxy) is 3. The van der Waals surface area contributed by atoms with Crippen LogP contribution in [-0.2, 0) is 15.7 Å². The van der Waals surface area contributed by atoms with Gasteiger partial charge in [-0.3, -0.25) is 9.36 Å². The molecule has 2 aromatic carbocycles. The van der Waals surface area contributed by atoms with Gasteiger partial charge in [0.15, 0.2) is 16.3 Å². The minimum Gasteiger partial charge on any atom is -0.463 e. The number of fused-ring (bicyclic) bond motifs is 2. The Morgan fingerprint density at radius 1 is 1.15 bits per heavy atom. The quantitative estimate of drug-likeness (QED) is 0.314. The number of furan rings is 1. The van der Waals surface area contributed by atoms with Gasteiger partial charge in [0.1, 0.15) is 11.5 Å². The van der Waals surface area contributed by atoms with Crippen molar-refractivity contribution in [3.8, 4) is 22.8 Å². The van der Waals surface area contributed by atoms with E-state index >= 15 is 0 Å². The molecule has 0 bridgehead atoms. The lowest BCUT2D eigenvalue weighted by molar-refractivity contribution is -0.139. The summed E-state index contributed by atoms with van der Waals surface area (Å²) in [5.74, 6) is 0.925. The molecular weight excluding hydrogens is 561 g/mol. The number of aromatic nitrogens is 1. The third-order valence-electron chi connectivity index (χ3n) is 6.60. The summed E-state index contributed by atoms with van der Waals surface area (Å²) in [6.45, 7) is 3.57. The monoisotopic (exact) mass is 582 g/mol. The maximum atomic E-state index is 13.8. The minimum atomic E-state index is -4.49. The van der Waals surface area contributed by atoms with Crippen molar-refractivity contribution in [3.63, 3.8) is 0 Å². The van der Waals surface area contributed by atoms with Gasteiger partial charge in [0, 0.05) is 11.6 Å². The summed E-state index contributed by atoms with van der Waals surface area (Å²) < 4.78 is 63.2. The number of alkyl halides is 3. The molecule has 4 aromatic rings. The lowest BCUT2D eigenvalue weighted by atomic mass is 9.95. The summed E-state index contributed by atoms with van der Waals surface area (Å²) in [6, 6.07) is 12.2. The van der Waals surface area contributed by atoms with Gasteiger partial charge in [0.05, 0.1) is 34.0 Å². The number of carbonyl (C=O) groups is 1. The van der Waals surface area contributed by atoms with Crippen LogP contribution in [0.15, 0.2) is 80.1 Å². The average molecular weight is 583 g/mol. The zero-order chi connectivity index (χ0) is 28.9. The molecule has 0 fully saturated rings. The number of hydrogen-bond donors (Lipinski definition) is 0. The SMILES string of the molecule is CCOC(=O)C1=C(C)N=c2s/c(=C/c3ccc(-c4cccc(C(F)(F)F)c4)o3)c(=O)n2C1c1ccc2c(c1)OCO2. The maximum Gasteiger partial charge on any atom is 0.416 e. The van der Waals surface area contributed by atoms with Gasteiger partial charge >= 0.3 is 12.1 Å². The average Bonchev–Trinajstić information content (AvgIpc) is 3.67. The fraction of sp³-hybridized carbons (Fsp3) is 0.207. The van der Waals surface area contributed by atoms with Crippen LogP contribution in [0.1, 0.15) is 36.8 Å². The lowest BCUT2D eigenvalue weighted by Crippen LogP contribution is -2.39.